The maximum absolute atomic E-state index is 12.2. The van der Waals surface area contributed by atoms with E-state index in [4.69, 9.17) is 5.11 Å². The van der Waals surface area contributed by atoms with Gasteiger partial charge in [0, 0.05) is 11.3 Å². The molecule has 2 atom stereocenters. The number of carboxylic acids is 1. The number of carbonyl (C=O) groups is 2. The summed E-state index contributed by atoms with van der Waals surface area (Å²) in [7, 11) is 0. The summed E-state index contributed by atoms with van der Waals surface area (Å²) < 4.78 is 0. The third-order valence-corrected chi connectivity index (χ3v) is 4.06. The smallest absolute Gasteiger partial charge is 0.307 e. The second-order valence-electron chi connectivity index (χ2n) is 5.38. The lowest BCUT2D eigenvalue weighted by atomic mass is 9.95. The molecule has 0 spiro atoms. The fourth-order valence-corrected chi connectivity index (χ4v) is 2.77. The molecule has 1 saturated carbocycles. The Morgan fingerprint density at radius 1 is 1.20 bits per heavy atom. The first-order valence-corrected chi connectivity index (χ1v) is 6.74. The standard InChI is InChI=1S/C15H19NO4/c1-8-6-7-12(9(2)13(8)17)16-14(18)10-4-3-5-11(10)15(19)20/h6-7,10-11,17H,3-5H2,1-2H3,(H,16,18)(H,19,20). The number of carbonyl (C=O) groups excluding carboxylic acids is 1. The Hall–Kier alpha value is -2.04. The van der Waals surface area contributed by atoms with Gasteiger partial charge in [0.2, 0.25) is 5.91 Å². The number of aryl methyl sites for hydroxylation is 1. The zero-order valence-corrected chi connectivity index (χ0v) is 11.6. The molecule has 1 aromatic carbocycles. The SMILES string of the molecule is Cc1ccc(NC(=O)C2CCCC2C(=O)O)c(C)c1O. The molecule has 1 amide bonds. The number of amides is 1. The van der Waals surface area contributed by atoms with Crippen LogP contribution < -0.4 is 5.32 Å². The molecule has 3 N–H and O–H groups in total. The van der Waals surface area contributed by atoms with Gasteiger partial charge in [-0.1, -0.05) is 12.5 Å². The normalized spacial score (nSPS) is 21.7. The molecule has 0 saturated heterocycles. The van der Waals surface area contributed by atoms with Crippen LogP contribution >= 0.6 is 0 Å². The van der Waals surface area contributed by atoms with Crippen molar-refractivity contribution in [1.29, 1.82) is 0 Å². The van der Waals surface area contributed by atoms with E-state index in [9.17, 15) is 14.7 Å². The number of hydrogen-bond acceptors (Lipinski definition) is 3. The number of nitrogens with one attached hydrogen (secondary N) is 1. The van der Waals surface area contributed by atoms with E-state index in [2.05, 4.69) is 5.32 Å². The topological polar surface area (TPSA) is 86.6 Å². The van der Waals surface area contributed by atoms with Crippen molar-refractivity contribution in [2.45, 2.75) is 33.1 Å². The van der Waals surface area contributed by atoms with E-state index >= 15 is 0 Å². The van der Waals surface area contributed by atoms with Crippen LogP contribution in [0.25, 0.3) is 0 Å². The van der Waals surface area contributed by atoms with Crippen molar-refractivity contribution in [3.05, 3.63) is 23.3 Å². The summed E-state index contributed by atoms with van der Waals surface area (Å²) in [4.78, 5) is 23.3. The summed E-state index contributed by atoms with van der Waals surface area (Å²) in [5, 5.41) is 21.7. The van der Waals surface area contributed by atoms with Crippen LogP contribution in [0.15, 0.2) is 12.1 Å². The van der Waals surface area contributed by atoms with Gasteiger partial charge in [-0.3, -0.25) is 9.59 Å². The number of aromatic hydroxyl groups is 1. The molecule has 0 bridgehead atoms. The van der Waals surface area contributed by atoms with Crippen molar-refractivity contribution in [2.75, 3.05) is 5.32 Å². The quantitative estimate of drug-likeness (QED) is 0.792. The van der Waals surface area contributed by atoms with Crippen LogP contribution in [-0.4, -0.2) is 22.1 Å². The Bertz CT molecular complexity index is 553. The molecule has 20 heavy (non-hydrogen) atoms. The summed E-state index contributed by atoms with van der Waals surface area (Å²) in [5.74, 6) is -2.12. The highest BCUT2D eigenvalue weighted by molar-refractivity contribution is 5.96. The van der Waals surface area contributed by atoms with Gasteiger partial charge < -0.3 is 15.5 Å². The van der Waals surface area contributed by atoms with Gasteiger partial charge >= 0.3 is 5.97 Å². The summed E-state index contributed by atoms with van der Waals surface area (Å²) in [6.45, 7) is 3.51. The van der Waals surface area contributed by atoms with Gasteiger partial charge in [-0.25, -0.2) is 0 Å². The zero-order chi connectivity index (χ0) is 14.9. The monoisotopic (exact) mass is 277 g/mol. The van der Waals surface area contributed by atoms with E-state index in [0.717, 1.165) is 12.0 Å². The molecule has 0 radical (unpaired) electrons. The van der Waals surface area contributed by atoms with E-state index in [0.29, 0.717) is 24.1 Å². The summed E-state index contributed by atoms with van der Waals surface area (Å²) in [6, 6.07) is 3.45. The average molecular weight is 277 g/mol. The highest BCUT2D eigenvalue weighted by atomic mass is 16.4. The first kappa shape index (κ1) is 14.4. The first-order chi connectivity index (χ1) is 9.41. The number of phenols is 1. The van der Waals surface area contributed by atoms with E-state index < -0.39 is 17.8 Å². The third kappa shape index (κ3) is 2.61. The molecule has 1 aromatic rings. The fourth-order valence-electron chi connectivity index (χ4n) is 2.77. The predicted molar refractivity (Wildman–Crippen MR) is 74.7 cm³/mol. The van der Waals surface area contributed by atoms with Crippen LogP contribution in [0.3, 0.4) is 0 Å². The van der Waals surface area contributed by atoms with Gasteiger partial charge in [-0.15, -0.1) is 0 Å². The molecule has 1 aliphatic carbocycles. The summed E-state index contributed by atoms with van der Waals surface area (Å²) >= 11 is 0. The van der Waals surface area contributed by atoms with Crippen molar-refractivity contribution in [2.24, 2.45) is 11.8 Å². The van der Waals surface area contributed by atoms with Crippen LogP contribution in [0.1, 0.15) is 30.4 Å². The molecule has 5 nitrogen and oxygen atoms in total. The largest absolute Gasteiger partial charge is 0.507 e. The first-order valence-electron chi connectivity index (χ1n) is 6.74. The van der Waals surface area contributed by atoms with Gasteiger partial charge in [0.25, 0.3) is 0 Å². The minimum absolute atomic E-state index is 0.156. The Morgan fingerprint density at radius 2 is 1.85 bits per heavy atom. The van der Waals surface area contributed by atoms with Gasteiger partial charge in [-0.2, -0.15) is 0 Å². The van der Waals surface area contributed by atoms with Crippen molar-refractivity contribution in [1.82, 2.24) is 0 Å². The number of phenolic OH excluding ortho intramolecular Hbond substituents is 1. The minimum Gasteiger partial charge on any atom is -0.507 e. The summed E-state index contributed by atoms with van der Waals surface area (Å²) in [6.07, 6.45) is 1.90. The van der Waals surface area contributed by atoms with Gasteiger partial charge in [-0.05, 0) is 38.3 Å². The lowest BCUT2D eigenvalue weighted by molar-refractivity contribution is -0.145. The van der Waals surface area contributed by atoms with Crippen molar-refractivity contribution in [3.63, 3.8) is 0 Å². The lowest BCUT2D eigenvalue weighted by Gasteiger charge is -2.17. The molecule has 0 heterocycles. The molecule has 0 aliphatic heterocycles. The zero-order valence-electron chi connectivity index (χ0n) is 11.6. The molecule has 0 aromatic heterocycles. The Balaban J connectivity index is 2.16. The van der Waals surface area contributed by atoms with Crippen molar-refractivity contribution >= 4 is 17.6 Å². The van der Waals surface area contributed by atoms with Crippen LogP contribution in [-0.2, 0) is 9.59 Å². The third-order valence-electron chi connectivity index (χ3n) is 4.06. The van der Waals surface area contributed by atoms with Gasteiger partial charge in [0.15, 0.2) is 0 Å². The second kappa shape index (κ2) is 5.53. The molecule has 5 heteroatoms. The number of benzene rings is 1. The number of hydrogen-bond donors (Lipinski definition) is 3. The van der Waals surface area contributed by atoms with Crippen LogP contribution in [0.2, 0.25) is 0 Å². The van der Waals surface area contributed by atoms with E-state index in [1.807, 2.05) is 0 Å². The number of anilines is 1. The van der Waals surface area contributed by atoms with E-state index in [1.165, 1.54) is 0 Å². The molecular formula is C15H19NO4. The molecule has 1 aliphatic rings. The Labute approximate surface area is 117 Å². The van der Waals surface area contributed by atoms with Crippen molar-refractivity contribution < 1.29 is 19.8 Å². The Kier molecular flexibility index (Phi) is 3.97. The fraction of sp³-hybridized carbons (Fsp3) is 0.467. The predicted octanol–water partition coefficient (Wildman–Crippen LogP) is 2.45. The second-order valence-corrected chi connectivity index (χ2v) is 5.38. The van der Waals surface area contributed by atoms with Crippen LogP contribution in [0, 0.1) is 25.7 Å². The van der Waals surface area contributed by atoms with Gasteiger partial charge in [0.05, 0.1) is 11.8 Å². The Morgan fingerprint density at radius 3 is 2.50 bits per heavy atom. The molecule has 2 unspecified atom stereocenters. The number of aliphatic carboxylic acids is 1. The minimum atomic E-state index is -0.911. The molecule has 1 fully saturated rings. The van der Waals surface area contributed by atoms with E-state index in [-0.39, 0.29) is 11.7 Å². The summed E-state index contributed by atoms with van der Waals surface area (Å²) in [5.41, 5.74) is 1.88. The van der Waals surface area contributed by atoms with Crippen molar-refractivity contribution in [3.8, 4) is 5.75 Å². The highest BCUT2D eigenvalue weighted by Crippen LogP contribution is 2.34. The number of carboxylic acid groups (broad SMARTS) is 1. The molecule has 2 rings (SSSR count). The van der Waals surface area contributed by atoms with Crippen LogP contribution in [0.5, 0.6) is 5.75 Å². The maximum atomic E-state index is 12.2. The van der Waals surface area contributed by atoms with E-state index in [1.54, 1.807) is 26.0 Å². The number of rotatable bonds is 3. The average Bonchev–Trinajstić information content (AvgIpc) is 2.89. The molecular weight excluding hydrogens is 258 g/mol. The lowest BCUT2D eigenvalue weighted by Crippen LogP contribution is -2.30. The highest BCUT2D eigenvalue weighted by Gasteiger charge is 2.37. The van der Waals surface area contributed by atoms with Gasteiger partial charge in [0.1, 0.15) is 5.75 Å². The maximum Gasteiger partial charge on any atom is 0.307 e. The molecule has 108 valence electrons. The van der Waals surface area contributed by atoms with Crippen LogP contribution in [0.4, 0.5) is 5.69 Å².